The molecule has 0 unspecified atom stereocenters. The molecular formula is C22H40O3Si. The third-order valence-electron chi connectivity index (χ3n) is 4.50. The van der Waals surface area contributed by atoms with Gasteiger partial charge in [0.15, 0.2) is 0 Å². The highest BCUT2D eigenvalue weighted by Gasteiger charge is 2.43. The van der Waals surface area contributed by atoms with Gasteiger partial charge in [-0.05, 0) is 37.7 Å². The molecule has 0 fully saturated rings. The molecular weight excluding hydrogens is 340 g/mol. The van der Waals surface area contributed by atoms with Gasteiger partial charge in [-0.25, -0.2) is 0 Å². The molecule has 3 nitrogen and oxygen atoms in total. The predicted octanol–water partition coefficient (Wildman–Crippen LogP) is 5.63. The molecule has 0 saturated heterocycles. The van der Waals surface area contributed by atoms with E-state index in [1.54, 1.807) is 0 Å². The number of benzene rings is 1. The maximum Gasteiger partial charge on any atom is 0.537 e. The third kappa shape index (κ3) is 8.34. The first-order valence-corrected chi connectivity index (χ1v) is 12.5. The topological polar surface area (TPSA) is 27.7 Å². The second kappa shape index (κ2) is 14.4. The SMILES string of the molecule is CCCCO[Si](OCCCC)(OCCCC)c1ccc(CCCC)cc1. The predicted molar refractivity (Wildman–Crippen MR) is 113 cm³/mol. The Kier molecular flexibility index (Phi) is 12.9. The highest BCUT2D eigenvalue weighted by atomic mass is 28.4. The highest BCUT2D eigenvalue weighted by molar-refractivity contribution is 6.75. The molecule has 0 N–H and O–H groups in total. The van der Waals surface area contributed by atoms with Gasteiger partial charge in [0.2, 0.25) is 0 Å². The number of aryl methyl sites for hydroxylation is 1. The van der Waals surface area contributed by atoms with Crippen molar-refractivity contribution in [1.29, 1.82) is 0 Å². The van der Waals surface area contributed by atoms with E-state index < -0.39 is 8.80 Å². The minimum atomic E-state index is -2.84. The number of unbranched alkanes of at least 4 members (excludes halogenated alkanes) is 4. The number of hydrogen-bond donors (Lipinski definition) is 0. The molecule has 1 aromatic carbocycles. The van der Waals surface area contributed by atoms with Crippen LogP contribution in [-0.2, 0) is 19.7 Å². The van der Waals surface area contributed by atoms with Crippen LogP contribution in [0.1, 0.15) is 84.6 Å². The highest BCUT2D eigenvalue weighted by Crippen LogP contribution is 2.15. The van der Waals surface area contributed by atoms with Gasteiger partial charge in [-0.2, -0.15) is 0 Å². The van der Waals surface area contributed by atoms with Gasteiger partial charge in [0.1, 0.15) is 0 Å². The molecule has 0 radical (unpaired) electrons. The average Bonchev–Trinajstić information content (AvgIpc) is 2.67. The average molecular weight is 381 g/mol. The molecule has 0 saturated carbocycles. The minimum Gasteiger partial charge on any atom is -0.370 e. The molecule has 0 atom stereocenters. The normalized spacial score (nSPS) is 11.8. The van der Waals surface area contributed by atoms with Crippen molar-refractivity contribution < 1.29 is 13.3 Å². The van der Waals surface area contributed by atoms with E-state index in [1.807, 2.05) is 0 Å². The molecule has 0 spiro atoms. The molecule has 0 aliphatic heterocycles. The van der Waals surface area contributed by atoms with Crippen molar-refractivity contribution in [2.24, 2.45) is 0 Å². The Hall–Kier alpha value is -0.683. The van der Waals surface area contributed by atoms with Gasteiger partial charge in [0.05, 0.1) is 0 Å². The van der Waals surface area contributed by atoms with Gasteiger partial charge in [-0.3, -0.25) is 0 Å². The summed E-state index contributed by atoms with van der Waals surface area (Å²) in [6.45, 7) is 10.9. The van der Waals surface area contributed by atoms with E-state index in [0.29, 0.717) is 19.8 Å². The van der Waals surface area contributed by atoms with Crippen LogP contribution >= 0.6 is 0 Å². The molecule has 26 heavy (non-hydrogen) atoms. The van der Waals surface area contributed by atoms with Crippen molar-refractivity contribution >= 4 is 14.0 Å². The largest absolute Gasteiger partial charge is 0.537 e. The van der Waals surface area contributed by atoms with E-state index in [9.17, 15) is 0 Å². The lowest BCUT2D eigenvalue weighted by atomic mass is 10.1. The maximum absolute atomic E-state index is 6.36. The molecule has 4 heteroatoms. The lowest BCUT2D eigenvalue weighted by Crippen LogP contribution is -2.57. The number of hydrogen-bond acceptors (Lipinski definition) is 3. The summed E-state index contributed by atoms with van der Waals surface area (Å²) in [7, 11) is -2.84. The van der Waals surface area contributed by atoms with Crippen molar-refractivity contribution in [2.45, 2.75) is 85.5 Å². The lowest BCUT2D eigenvalue weighted by Gasteiger charge is -2.30. The first kappa shape index (κ1) is 23.4. The summed E-state index contributed by atoms with van der Waals surface area (Å²) < 4.78 is 19.1. The Bertz CT molecular complexity index is 421. The molecule has 0 bridgehead atoms. The van der Waals surface area contributed by atoms with Crippen LogP contribution in [0.4, 0.5) is 0 Å². The van der Waals surface area contributed by atoms with Crippen molar-refractivity contribution in [3.63, 3.8) is 0 Å². The monoisotopic (exact) mass is 380 g/mol. The quantitative estimate of drug-likeness (QED) is 0.275. The fourth-order valence-electron chi connectivity index (χ4n) is 2.68. The molecule has 0 aromatic heterocycles. The Labute approximate surface area is 162 Å². The standard InChI is InChI=1S/C22H40O3Si/c1-5-9-13-21-14-16-22(17-15-21)26(23-18-10-6-2,24-19-11-7-3)25-20-12-8-4/h14-17H,5-13,18-20H2,1-4H3. The van der Waals surface area contributed by atoms with Crippen LogP contribution in [0.25, 0.3) is 0 Å². The van der Waals surface area contributed by atoms with E-state index in [-0.39, 0.29) is 0 Å². The molecule has 0 amide bonds. The smallest absolute Gasteiger partial charge is 0.370 e. The molecule has 0 aliphatic carbocycles. The fraction of sp³-hybridized carbons (Fsp3) is 0.727. The zero-order valence-electron chi connectivity index (χ0n) is 17.5. The molecule has 0 heterocycles. The van der Waals surface area contributed by atoms with Gasteiger partial charge < -0.3 is 13.3 Å². The van der Waals surface area contributed by atoms with Crippen LogP contribution in [0, 0.1) is 0 Å². The summed E-state index contributed by atoms with van der Waals surface area (Å²) in [6, 6.07) is 8.81. The summed E-state index contributed by atoms with van der Waals surface area (Å²) >= 11 is 0. The Balaban J connectivity index is 2.98. The van der Waals surface area contributed by atoms with E-state index >= 15 is 0 Å². The summed E-state index contributed by atoms with van der Waals surface area (Å²) in [5.74, 6) is 0. The molecule has 0 aliphatic rings. The van der Waals surface area contributed by atoms with Crippen molar-refractivity contribution in [3.05, 3.63) is 29.8 Å². The number of rotatable bonds is 16. The summed E-state index contributed by atoms with van der Waals surface area (Å²) in [4.78, 5) is 0. The van der Waals surface area contributed by atoms with E-state index in [1.165, 1.54) is 18.4 Å². The van der Waals surface area contributed by atoms with Crippen molar-refractivity contribution in [1.82, 2.24) is 0 Å². The summed E-state index contributed by atoms with van der Waals surface area (Å²) in [5.41, 5.74) is 1.38. The van der Waals surface area contributed by atoms with Crippen molar-refractivity contribution in [2.75, 3.05) is 19.8 Å². The van der Waals surface area contributed by atoms with Crippen LogP contribution in [0.3, 0.4) is 0 Å². The van der Waals surface area contributed by atoms with Crippen molar-refractivity contribution in [3.8, 4) is 0 Å². The van der Waals surface area contributed by atoms with Crippen LogP contribution < -0.4 is 5.19 Å². The Morgan fingerprint density at radius 1 is 0.615 bits per heavy atom. The van der Waals surface area contributed by atoms with Crippen LogP contribution in [-0.4, -0.2) is 28.6 Å². The first-order valence-electron chi connectivity index (χ1n) is 10.7. The second-order valence-electron chi connectivity index (χ2n) is 6.96. The molecule has 1 rings (SSSR count). The molecule has 150 valence electrons. The van der Waals surface area contributed by atoms with Gasteiger partial charge in [0, 0.05) is 25.0 Å². The Morgan fingerprint density at radius 3 is 1.42 bits per heavy atom. The third-order valence-corrected chi connectivity index (χ3v) is 7.29. The lowest BCUT2D eigenvalue weighted by molar-refractivity contribution is 0.0700. The van der Waals surface area contributed by atoms with Crippen LogP contribution in [0.5, 0.6) is 0 Å². The van der Waals surface area contributed by atoms with Gasteiger partial charge in [-0.15, -0.1) is 0 Å². The maximum atomic E-state index is 6.36. The van der Waals surface area contributed by atoms with Crippen LogP contribution in [0.15, 0.2) is 24.3 Å². The van der Waals surface area contributed by atoms with Gasteiger partial charge >= 0.3 is 8.80 Å². The van der Waals surface area contributed by atoms with Gasteiger partial charge in [0.25, 0.3) is 0 Å². The zero-order chi connectivity index (χ0) is 19.1. The second-order valence-corrected chi connectivity index (χ2v) is 9.52. The van der Waals surface area contributed by atoms with Gasteiger partial charge in [-0.1, -0.05) is 77.6 Å². The zero-order valence-corrected chi connectivity index (χ0v) is 18.5. The molecule has 1 aromatic rings. The minimum absolute atomic E-state index is 0.707. The van der Waals surface area contributed by atoms with Crippen LogP contribution in [0.2, 0.25) is 0 Å². The summed E-state index contributed by atoms with van der Waals surface area (Å²) in [5, 5.41) is 1.11. The first-order chi connectivity index (χ1) is 12.7. The van der Waals surface area contributed by atoms with E-state index in [4.69, 9.17) is 13.3 Å². The summed E-state index contributed by atoms with van der Waals surface area (Å²) in [6.07, 6.45) is 10.1. The van der Waals surface area contributed by atoms with E-state index in [2.05, 4.69) is 52.0 Å². The van der Waals surface area contributed by atoms with E-state index in [0.717, 1.165) is 50.1 Å². The Morgan fingerprint density at radius 2 is 1.04 bits per heavy atom. The fourth-order valence-corrected chi connectivity index (χ4v) is 5.25.